The molecule has 0 saturated carbocycles. The molecule has 0 bridgehead atoms. The lowest BCUT2D eigenvalue weighted by atomic mass is 10.1. The fourth-order valence-corrected chi connectivity index (χ4v) is 2.43. The summed E-state index contributed by atoms with van der Waals surface area (Å²) in [4.78, 5) is 0. The predicted molar refractivity (Wildman–Crippen MR) is 83.7 cm³/mol. The molecule has 0 amide bonds. The normalized spacial score (nSPS) is 10.7. The molecule has 1 heterocycles. The van der Waals surface area contributed by atoms with Crippen LogP contribution in [0.1, 0.15) is 11.1 Å². The van der Waals surface area contributed by atoms with E-state index in [4.69, 9.17) is 12.2 Å². The van der Waals surface area contributed by atoms with Crippen LogP contribution in [0.25, 0.3) is 17.1 Å². The fraction of sp³-hybridized carbons (Fsp3) is 0.125. The first kappa shape index (κ1) is 12.8. The Hall–Kier alpha value is -2.20. The van der Waals surface area contributed by atoms with Crippen molar-refractivity contribution in [3.05, 3.63) is 64.4 Å². The van der Waals surface area contributed by atoms with Crippen molar-refractivity contribution in [1.82, 2.24) is 14.8 Å². The van der Waals surface area contributed by atoms with Gasteiger partial charge in [-0.05, 0) is 55.4 Å². The maximum absolute atomic E-state index is 5.36. The maximum Gasteiger partial charge on any atom is 0.200 e. The second-order valence-corrected chi connectivity index (χ2v) is 5.21. The molecule has 100 valence electrons. The van der Waals surface area contributed by atoms with Crippen LogP contribution in [-0.2, 0) is 0 Å². The molecule has 0 saturated heterocycles. The van der Waals surface area contributed by atoms with Crippen LogP contribution in [0.15, 0.2) is 48.5 Å². The van der Waals surface area contributed by atoms with Gasteiger partial charge in [0, 0.05) is 11.3 Å². The largest absolute Gasteiger partial charge is 0.268 e. The maximum atomic E-state index is 5.36. The first-order valence-corrected chi connectivity index (χ1v) is 6.88. The second kappa shape index (κ2) is 5.06. The first-order chi connectivity index (χ1) is 9.66. The Morgan fingerprint density at radius 1 is 1.00 bits per heavy atom. The van der Waals surface area contributed by atoms with E-state index in [2.05, 4.69) is 42.2 Å². The van der Waals surface area contributed by atoms with Gasteiger partial charge in [0.1, 0.15) is 0 Å². The van der Waals surface area contributed by atoms with Gasteiger partial charge in [-0.1, -0.05) is 30.3 Å². The highest BCUT2D eigenvalue weighted by atomic mass is 32.1. The Balaban J connectivity index is 2.21. The Kier molecular flexibility index (Phi) is 3.24. The van der Waals surface area contributed by atoms with Gasteiger partial charge in [0.15, 0.2) is 10.6 Å². The minimum atomic E-state index is 0.601. The minimum Gasteiger partial charge on any atom is -0.268 e. The highest BCUT2D eigenvalue weighted by molar-refractivity contribution is 7.71. The highest BCUT2D eigenvalue weighted by Crippen LogP contribution is 2.23. The molecule has 0 unspecified atom stereocenters. The molecule has 0 radical (unpaired) electrons. The molecule has 20 heavy (non-hydrogen) atoms. The van der Waals surface area contributed by atoms with Crippen LogP contribution in [0.4, 0.5) is 0 Å². The number of aryl methyl sites for hydroxylation is 2. The molecule has 0 atom stereocenters. The monoisotopic (exact) mass is 281 g/mol. The summed E-state index contributed by atoms with van der Waals surface area (Å²) in [6.07, 6.45) is 0. The number of H-pyrrole nitrogens is 1. The van der Waals surface area contributed by atoms with E-state index in [1.54, 1.807) is 0 Å². The molecule has 0 aliphatic rings. The molecule has 0 aliphatic heterocycles. The average Bonchev–Trinajstić information content (AvgIpc) is 2.85. The van der Waals surface area contributed by atoms with E-state index in [0.29, 0.717) is 4.77 Å². The molecular formula is C16H15N3S. The van der Waals surface area contributed by atoms with Crippen molar-refractivity contribution < 1.29 is 0 Å². The van der Waals surface area contributed by atoms with Gasteiger partial charge in [-0.15, -0.1) is 0 Å². The van der Waals surface area contributed by atoms with Crippen LogP contribution in [0.2, 0.25) is 0 Å². The van der Waals surface area contributed by atoms with Gasteiger partial charge in [-0.2, -0.15) is 5.10 Å². The van der Waals surface area contributed by atoms with Crippen molar-refractivity contribution in [2.24, 2.45) is 0 Å². The summed E-state index contributed by atoms with van der Waals surface area (Å²) in [6, 6.07) is 16.3. The summed E-state index contributed by atoms with van der Waals surface area (Å²) in [7, 11) is 0. The van der Waals surface area contributed by atoms with Gasteiger partial charge in [0.2, 0.25) is 0 Å². The third kappa shape index (κ3) is 2.18. The number of hydrogen-bond acceptors (Lipinski definition) is 2. The lowest BCUT2D eigenvalue weighted by Crippen LogP contribution is -1.97. The average molecular weight is 281 g/mol. The number of para-hydroxylation sites is 1. The van der Waals surface area contributed by atoms with E-state index in [1.807, 2.05) is 34.9 Å². The zero-order valence-electron chi connectivity index (χ0n) is 11.4. The molecule has 3 nitrogen and oxygen atoms in total. The molecule has 0 aliphatic carbocycles. The lowest BCUT2D eigenvalue weighted by molar-refractivity contribution is 1.04. The van der Waals surface area contributed by atoms with Crippen molar-refractivity contribution in [2.75, 3.05) is 0 Å². The van der Waals surface area contributed by atoms with Crippen molar-refractivity contribution in [2.45, 2.75) is 13.8 Å². The van der Waals surface area contributed by atoms with E-state index >= 15 is 0 Å². The van der Waals surface area contributed by atoms with Crippen molar-refractivity contribution in [3.8, 4) is 17.1 Å². The number of aromatic nitrogens is 3. The number of nitrogens with one attached hydrogen (secondary N) is 1. The van der Waals surface area contributed by atoms with Gasteiger partial charge in [0.25, 0.3) is 0 Å². The third-order valence-electron chi connectivity index (χ3n) is 3.45. The third-order valence-corrected chi connectivity index (χ3v) is 3.73. The van der Waals surface area contributed by atoms with Gasteiger partial charge >= 0.3 is 0 Å². The second-order valence-electron chi connectivity index (χ2n) is 4.82. The van der Waals surface area contributed by atoms with Gasteiger partial charge < -0.3 is 0 Å². The molecule has 0 spiro atoms. The summed E-state index contributed by atoms with van der Waals surface area (Å²) in [5.74, 6) is 0.837. The van der Waals surface area contributed by atoms with Crippen LogP contribution < -0.4 is 0 Å². The quantitative estimate of drug-likeness (QED) is 0.714. The van der Waals surface area contributed by atoms with Crippen LogP contribution >= 0.6 is 12.2 Å². The summed E-state index contributed by atoms with van der Waals surface area (Å²) in [5, 5.41) is 7.26. The summed E-state index contributed by atoms with van der Waals surface area (Å²) in [6.45, 7) is 4.21. The molecule has 3 rings (SSSR count). The topological polar surface area (TPSA) is 33.6 Å². The summed E-state index contributed by atoms with van der Waals surface area (Å²) >= 11 is 5.36. The van der Waals surface area contributed by atoms with Crippen molar-refractivity contribution in [1.29, 1.82) is 0 Å². The van der Waals surface area contributed by atoms with E-state index in [0.717, 1.165) is 17.1 Å². The molecule has 2 aromatic carbocycles. The van der Waals surface area contributed by atoms with Crippen LogP contribution in [0.5, 0.6) is 0 Å². The lowest BCUT2D eigenvalue weighted by Gasteiger charge is -2.08. The molecule has 4 heteroatoms. The van der Waals surface area contributed by atoms with Crippen molar-refractivity contribution >= 4 is 12.2 Å². The summed E-state index contributed by atoms with van der Waals surface area (Å²) < 4.78 is 2.56. The van der Waals surface area contributed by atoms with E-state index in [9.17, 15) is 0 Å². The minimum absolute atomic E-state index is 0.601. The number of nitrogens with zero attached hydrogens (tertiary/aromatic N) is 2. The standard InChI is InChI=1S/C16H15N3S/c1-11-8-9-13(10-12(11)2)15-17-18-16(20)19(15)14-6-4-3-5-7-14/h3-10H,1-2H3,(H,18,20). The van der Waals surface area contributed by atoms with Crippen LogP contribution in [0.3, 0.4) is 0 Å². The molecule has 1 N–H and O–H groups in total. The Morgan fingerprint density at radius 2 is 1.75 bits per heavy atom. The summed E-state index contributed by atoms with van der Waals surface area (Å²) in [5.41, 5.74) is 4.59. The van der Waals surface area contributed by atoms with Crippen molar-refractivity contribution in [3.63, 3.8) is 0 Å². The molecule has 0 fully saturated rings. The van der Waals surface area contributed by atoms with Gasteiger partial charge in [-0.25, -0.2) is 0 Å². The SMILES string of the molecule is Cc1ccc(-c2n[nH]c(=S)n2-c2ccccc2)cc1C. The van der Waals surface area contributed by atoms with Crippen LogP contribution in [-0.4, -0.2) is 14.8 Å². The first-order valence-electron chi connectivity index (χ1n) is 6.47. The van der Waals surface area contributed by atoms with Crippen LogP contribution in [0, 0.1) is 18.6 Å². The van der Waals surface area contributed by atoms with E-state index < -0.39 is 0 Å². The Labute approximate surface area is 122 Å². The number of rotatable bonds is 2. The molecular weight excluding hydrogens is 266 g/mol. The van der Waals surface area contributed by atoms with E-state index in [-0.39, 0.29) is 0 Å². The molecule has 1 aromatic heterocycles. The highest BCUT2D eigenvalue weighted by Gasteiger charge is 2.10. The zero-order valence-corrected chi connectivity index (χ0v) is 12.2. The number of aromatic amines is 1. The predicted octanol–water partition coefficient (Wildman–Crippen LogP) is 4.21. The Morgan fingerprint density at radius 3 is 2.45 bits per heavy atom. The van der Waals surface area contributed by atoms with Gasteiger partial charge in [0.05, 0.1) is 0 Å². The number of hydrogen-bond donors (Lipinski definition) is 1. The zero-order chi connectivity index (χ0) is 14.1. The van der Waals surface area contributed by atoms with Gasteiger partial charge in [-0.3, -0.25) is 9.67 Å². The smallest absolute Gasteiger partial charge is 0.200 e. The van der Waals surface area contributed by atoms with E-state index in [1.165, 1.54) is 11.1 Å². The fourth-order valence-electron chi connectivity index (χ4n) is 2.19. The number of benzene rings is 2. The Bertz CT molecular complexity index is 800. The molecule has 3 aromatic rings.